The normalized spacial score (nSPS) is 15.7. The summed E-state index contributed by atoms with van der Waals surface area (Å²) < 4.78 is 45.7. The predicted molar refractivity (Wildman–Crippen MR) is 134 cm³/mol. The number of hydrogen-bond donors (Lipinski definition) is 4. The maximum atomic E-state index is 14.0. The lowest BCUT2D eigenvalue weighted by atomic mass is 10.2. The Kier molecular flexibility index (Phi) is 6.77. The van der Waals surface area contributed by atoms with Crippen molar-refractivity contribution in [2.24, 2.45) is 0 Å². The van der Waals surface area contributed by atoms with Crippen molar-refractivity contribution in [1.29, 1.82) is 0 Å². The number of methoxy groups -OCH3 is 1. The van der Waals surface area contributed by atoms with E-state index in [1.807, 2.05) is 0 Å². The van der Waals surface area contributed by atoms with E-state index in [-0.39, 0.29) is 23.7 Å². The molecule has 37 heavy (non-hydrogen) atoms. The van der Waals surface area contributed by atoms with E-state index in [0.29, 0.717) is 41.5 Å². The number of fused-ring (bicyclic) bond motifs is 1. The standard InChI is InChI=1S/C24H23F3N8O2/c1-37-18-10-20(35-8-7-28-17(12-35)22(26)27)30-11-16(18)32-24-29-6-5-19(33-24)31-15-9-13-3-2-4-14(25)21(13)34-23(15)36/h2-6,9-11,17,22,28H,7-8,12H2,1H3,(H,34,36)(H2,29,31,32,33). The second-order valence-corrected chi connectivity index (χ2v) is 8.32. The average molecular weight is 512 g/mol. The molecule has 1 atom stereocenters. The van der Waals surface area contributed by atoms with E-state index < -0.39 is 23.8 Å². The summed E-state index contributed by atoms with van der Waals surface area (Å²) in [6.07, 6.45) is 0.529. The van der Waals surface area contributed by atoms with Crippen LogP contribution in [0, 0.1) is 5.82 Å². The second-order valence-electron chi connectivity index (χ2n) is 8.32. The zero-order valence-corrected chi connectivity index (χ0v) is 19.6. The number of hydrogen-bond acceptors (Lipinski definition) is 9. The van der Waals surface area contributed by atoms with Gasteiger partial charge in [0.15, 0.2) is 0 Å². The number of benzene rings is 1. The zero-order chi connectivity index (χ0) is 25.9. The third-order valence-corrected chi connectivity index (χ3v) is 5.90. The molecule has 5 rings (SSSR count). The molecule has 1 saturated heterocycles. The summed E-state index contributed by atoms with van der Waals surface area (Å²) in [5.41, 5.74) is 0.262. The largest absolute Gasteiger partial charge is 0.494 e. The van der Waals surface area contributed by atoms with Gasteiger partial charge in [-0.3, -0.25) is 4.79 Å². The number of piperazine rings is 1. The maximum Gasteiger partial charge on any atom is 0.272 e. The lowest BCUT2D eigenvalue weighted by Crippen LogP contribution is -2.54. The molecular weight excluding hydrogens is 489 g/mol. The summed E-state index contributed by atoms with van der Waals surface area (Å²) >= 11 is 0. The highest BCUT2D eigenvalue weighted by Crippen LogP contribution is 2.30. The van der Waals surface area contributed by atoms with Gasteiger partial charge < -0.3 is 30.6 Å². The topological polar surface area (TPSA) is 120 Å². The SMILES string of the molecule is COc1cc(N2CCNC(C(F)F)C2)ncc1Nc1nccc(Nc2cc3cccc(F)c3[nH]c2=O)n1. The number of para-hydroxylation sites is 1. The molecule has 1 unspecified atom stereocenters. The molecule has 0 saturated carbocycles. The first-order valence-electron chi connectivity index (χ1n) is 11.4. The summed E-state index contributed by atoms with van der Waals surface area (Å²) in [7, 11) is 1.48. The van der Waals surface area contributed by atoms with E-state index in [4.69, 9.17) is 4.74 Å². The first-order chi connectivity index (χ1) is 17.9. The number of pyridine rings is 2. The van der Waals surface area contributed by atoms with E-state index in [9.17, 15) is 18.0 Å². The summed E-state index contributed by atoms with van der Waals surface area (Å²) in [6, 6.07) is 8.34. The van der Waals surface area contributed by atoms with Gasteiger partial charge in [-0.15, -0.1) is 0 Å². The number of nitrogens with one attached hydrogen (secondary N) is 4. The molecule has 0 bridgehead atoms. The van der Waals surface area contributed by atoms with Gasteiger partial charge in [-0.2, -0.15) is 4.98 Å². The summed E-state index contributed by atoms with van der Waals surface area (Å²) in [4.78, 5) is 29.7. The van der Waals surface area contributed by atoms with Gasteiger partial charge in [0.1, 0.15) is 34.6 Å². The Morgan fingerprint density at radius 3 is 2.84 bits per heavy atom. The Balaban J connectivity index is 1.35. The van der Waals surface area contributed by atoms with E-state index in [1.165, 1.54) is 31.6 Å². The number of halogens is 3. The molecule has 1 aromatic carbocycles. The van der Waals surface area contributed by atoms with Crippen LogP contribution in [0.5, 0.6) is 5.75 Å². The number of aromatic nitrogens is 4. The molecule has 0 radical (unpaired) electrons. The zero-order valence-electron chi connectivity index (χ0n) is 19.6. The van der Waals surface area contributed by atoms with Crippen LogP contribution in [0.2, 0.25) is 0 Å². The van der Waals surface area contributed by atoms with Gasteiger partial charge in [-0.25, -0.2) is 23.1 Å². The van der Waals surface area contributed by atoms with Crippen molar-refractivity contribution >= 4 is 39.9 Å². The Hall–Kier alpha value is -4.39. The van der Waals surface area contributed by atoms with Gasteiger partial charge in [-0.1, -0.05) is 12.1 Å². The van der Waals surface area contributed by atoms with E-state index in [0.717, 1.165) is 0 Å². The van der Waals surface area contributed by atoms with Gasteiger partial charge in [0.25, 0.3) is 12.0 Å². The highest BCUT2D eigenvalue weighted by molar-refractivity contribution is 5.82. The molecule has 4 N–H and O–H groups in total. The first-order valence-corrected chi connectivity index (χ1v) is 11.4. The Bertz CT molecular complexity index is 1480. The van der Waals surface area contributed by atoms with Crippen LogP contribution in [0.25, 0.3) is 10.9 Å². The van der Waals surface area contributed by atoms with Crippen molar-refractivity contribution in [3.8, 4) is 5.75 Å². The van der Waals surface area contributed by atoms with Crippen LogP contribution < -0.4 is 31.1 Å². The first kappa shape index (κ1) is 24.3. The molecule has 1 aliphatic heterocycles. The van der Waals surface area contributed by atoms with Crippen LogP contribution in [0.4, 0.5) is 42.1 Å². The van der Waals surface area contributed by atoms with Crippen LogP contribution in [-0.4, -0.2) is 59.1 Å². The van der Waals surface area contributed by atoms with Crippen molar-refractivity contribution in [2.75, 3.05) is 42.3 Å². The van der Waals surface area contributed by atoms with Crippen molar-refractivity contribution in [2.45, 2.75) is 12.5 Å². The highest BCUT2D eigenvalue weighted by atomic mass is 19.3. The van der Waals surface area contributed by atoms with Gasteiger partial charge in [0, 0.05) is 37.3 Å². The van der Waals surface area contributed by atoms with Gasteiger partial charge in [0.2, 0.25) is 5.95 Å². The number of H-pyrrole nitrogens is 1. The van der Waals surface area contributed by atoms with Crippen LogP contribution in [-0.2, 0) is 0 Å². The number of alkyl halides is 2. The molecule has 4 heterocycles. The quantitative estimate of drug-likeness (QED) is 0.295. The van der Waals surface area contributed by atoms with Crippen LogP contribution in [0.1, 0.15) is 0 Å². The lowest BCUT2D eigenvalue weighted by Gasteiger charge is -2.34. The number of anilines is 5. The minimum absolute atomic E-state index is 0.122. The van der Waals surface area contributed by atoms with Crippen molar-refractivity contribution in [3.63, 3.8) is 0 Å². The van der Waals surface area contributed by atoms with Crippen LogP contribution in [0.15, 0.2) is 53.6 Å². The Morgan fingerprint density at radius 2 is 2.03 bits per heavy atom. The fourth-order valence-electron chi connectivity index (χ4n) is 4.05. The fourth-order valence-corrected chi connectivity index (χ4v) is 4.05. The molecular formula is C24H23F3N8O2. The monoisotopic (exact) mass is 512 g/mol. The van der Waals surface area contributed by atoms with Gasteiger partial charge in [-0.05, 0) is 18.2 Å². The third kappa shape index (κ3) is 5.26. The molecule has 1 fully saturated rings. The lowest BCUT2D eigenvalue weighted by molar-refractivity contribution is 0.0957. The third-order valence-electron chi connectivity index (χ3n) is 5.90. The molecule has 1 aliphatic rings. The summed E-state index contributed by atoms with van der Waals surface area (Å²) in [5.74, 6) is 0.932. The van der Waals surface area contributed by atoms with Crippen LogP contribution >= 0.6 is 0 Å². The molecule has 10 nitrogen and oxygen atoms in total. The number of aromatic amines is 1. The fraction of sp³-hybridized carbons (Fsp3) is 0.250. The Morgan fingerprint density at radius 1 is 1.16 bits per heavy atom. The predicted octanol–water partition coefficient (Wildman–Crippen LogP) is 3.39. The van der Waals surface area contributed by atoms with Crippen LogP contribution in [0.3, 0.4) is 0 Å². The molecule has 0 spiro atoms. The molecule has 4 aromatic rings. The van der Waals surface area contributed by atoms with Crippen molar-refractivity contribution < 1.29 is 17.9 Å². The molecule has 3 aromatic heterocycles. The molecule has 0 amide bonds. The van der Waals surface area contributed by atoms with Gasteiger partial charge in [0.05, 0.1) is 24.9 Å². The molecule has 0 aliphatic carbocycles. The van der Waals surface area contributed by atoms with E-state index >= 15 is 0 Å². The van der Waals surface area contributed by atoms with Crippen molar-refractivity contribution in [1.82, 2.24) is 25.3 Å². The number of rotatable bonds is 7. The molecule has 192 valence electrons. The average Bonchev–Trinajstić information content (AvgIpc) is 2.90. The highest BCUT2D eigenvalue weighted by Gasteiger charge is 2.27. The number of ether oxygens (including phenoxy) is 1. The minimum atomic E-state index is -2.48. The smallest absolute Gasteiger partial charge is 0.272 e. The molecule has 13 heteroatoms. The number of nitrogens with zero attached hydrogens (tertiary/aromatic N) is 4. The minimum Gasteiger partial charge on any atom is -0.494 e. The van der Waals surface area contributed by atoms with Gasteiger partial charge >= 0.3 is 0 Å². The maximum absolute atomic E-state index is 14.0. The summed E-state index contributed by atoms with van der Waals surface area (Å²) in [5, 5.41) is 9.28. The van der Waals surface area contributed by atoms with E-state index in [1.54, 1.807) is 29.2 Å². The second kappa shape index (κ2) is 10.3. The Labute approximate surface area is 208 Å². The van der Waals surface area contributed by atoms with E-state index in [2.05, 4.69) is 35.9 Å². The van der Waals surface area contributed by atoms with Crippen molar-refractivity contribution in [3.05, 3.63) is 65.0 Å². The summed E-state index contributed by atoms with van der Waals surface area (Å²) in [6.45, 7) is 1.07.